The number of ether oxygens (including phenoxy) is 1. The van der Waals surface area contributed by atoms with Crippen molar-refractivity contribution < 1.29 is 9.26 Å². The van der Waals surface area contributed by atoms with Crippen molar-refractivity contribution in [1.82, 2.24) is 20.0 Å². The maximum atomic E-state index is 5.45. The molecule has 0 aliphatic heterocycles. The normalized spacial score (nSPS) is 12.5. The van der Waals surface area contributed by atoms with Crippen LogP contribution < -0.4 is 4.74 Å². The van der Waals surface area contributed by atoms with Gasteiger partial charge in [-0.2, -0.15) is 4.98 Å². The molecular weight excluding hydrogens is 300 g/mol. The van der Waals surface area contributed by atoms with Gasteiger partial charge in [0.2, 0.25) is 5.82 Å². The van der Waals surface area contributed by atoms with Crippen molar-refractivity contribution in [3.8, 4) is 17.1 Å². The standard InChI is InChI=1S/C15H16N4O2S/c1-19(2)13(12-8-22-9-16-12)15-17-14(18-21-15)10-4-6-11(20-3)7-5-10/h4-9,13H,1-3H3. The fourth-order valence-corrected chi connectivity index (χ4v) is 2.75. The molecule has 0 aliphatic carbocycles. The van der Waals surface area contributed by atoms with Gasteiger partial charge < -0.3 is 9.26 Å². The van der Waals surface area contributed by atoms with Crippen molar-refractivity contribution in [1.29, 1.82) is 0 Å². The van der Waals surface area contributed by atoms with Gasteiger partial charge >= 0.3 is 0 Å². The molecule has 0 spiro atoms. The fourth-order valence-electron chi connectivity index (χ4n) is 2.17. The molecule has 0 aliphatic rings. The summed E-state index contributed by atoms with van der Waals surface area (Å²) in [5.41, 5.74) is 3.58. The van der Waals surface area contributed by atoms with E-state index in [-0.39, 0.29) is 6.04 Å². The second-order valence-electron chi connectivity index (χ2n) is 4.96. The molecule has 0 bridgehead atoms. The predicted molar refractivity (Wildman–Crippen MR) is 83.9 cm³/mol. The maximum Gasteiger partial charge on any atom is 0.250 e. The van der Waals surface area contributed by atoms with Gasteiger partial charge in [-0.05, 0) is 38.4 Å². The minimum Gasteiger partial charge on any atom is -0.497 e. The van der Waals surface area contributed by atoms with Crippen molar-refractivity contribution in [3.05, 3.63) is 46.7 Å². The minimum absolute atomic E-state index is 0.147. The van der Waals surface area contributed by atoms with E-state index in [0.29, 0.717) is 11.7 Å². The van der Waals surface area contributed by atoms with Crippen molar-refractivity contribution >= 4 is 11.3 Å². The summed E-state index contributed by atoms with van der Waals surface area (Å²) in [5, 5.41) is 6.07. The van der Waals surface area contributed by atoms with Gasteiger partial charge in [-0.15, -0.1) is 11.3 Å². The SMILES string of the molecule is COc1ccc(-c2noc(C(c3cscn3)N(C)C)n2)cc1. The second-order valence-corrected chi connectivity index (χ2v) is 5.68. The highest BCUT2D eigenvalue weighted by molar-refractivity contribution is 7.07. The number of benzene rings is 1. The third-order valence-electron chi connectivity index (χ3n) is 3.27. The molecule has 6 nitrogen and oxygen atoms in total. The van der Waals surface area contributed by atoms with E-state index in [4.69, 9.17) is 9.26 Å². The van der Waals surface area contributed by atoms with Crippen LogP contribution >= 0.6 is 11.3 Å². The highest BCUT2D eigenvalue weighted by Gasteiger charge is 2.25. The molecule has 22 heavy (non-hydrogen) atoms. The summed E-state index contributed by atoms with van der Waals surface area (Å²) in [5.74, 6) is 1.88. The van der Waals surface area contributed by atoms with Gasteiger partial charge in [0.15, 0.2) is 0 Å². The van der Waals surface area contributed by atoms with E-state index < -0.39 is 0 Å². The lowest BCUT2D eigenvalue weighted by Crippen LogP contribution is -2.21. The molecule has 1 aromatic carbocycles. The number of thiazole rings is 1. The zero-order chi connectivity index (χ0) is 15.5. The Bertz CT molecular complexity index is 722. The van der Waals surface area contributed by atoms with Gasteiger partial charge in [-0.1, -0.05) is 5.16 Å². The number of methoxy groups -OCH3 is 1. The lowest BCUT2D eigenvalue weighted by Gasteiger charge is -2.18. The van der Waals surface area contributed by atoms with E-state index in [1.165, 1.54) is 0 Å². The van der Waals surface area contributed by atoms with Gasteiger partial charge in [0.25, 0.3) is 5.89 Å². The topological polar surface area (TPSA) is 64.3 Å². The molecule has 0 amide bonds. The Morgan fingerprint density at radius 1 is 1.23 bits per heavy atom. The average molecular weight is 316 g/mol. The van der Waals surface area contributed by atoms with Crippen LogP contribution in [0.3, 0.4) is 0 Å². The molecule has 3 aromatic rings. The van der Waals surface area contributed by atoms with Crippen LogP contribution in [0.25, 0.3) is 11.4 Å². The maximum absolute atomic E-state index is 5.45. The molecular formula is C15H16N4O2S. The van der Waals surface area contributed by atoms with Crippen molar-refractivity contribution in [3.63, 3.8) is 0 Å². The first-order valence-corrected chi connectivity index (χ1v) is 7.66. The summed E-state index contributed by atoms with van der Waals surface area (Å²) in [6.45, 7) is 0. The molecule has 0 radical (unpaired) electrons. The van der Waals surface area contributed by atoms with Crippen LogP contribution in [0, 0.1) is 0 Å². The van der Waals surface area contributed by atoms with E-state index >= 15 is 0 Å². The Kier molecular flexibility index (Phi) is 4.17. The minimum atomic E-state index is -0.147. The highest BCUT2D eigenvalue weighted by Crippen LogP contribution is 2.27. The van der Waals surface area contributed by atoms with Gasteiger partial charge in [-0.3, -0.25) is 4.90 Å². The molecule has 0 fully saturated rings. The molecule has 0 saturated heterocycles. The van der Waals surface area contributed by atoms with E-state index in [2.05, 4.69) is 15.1 Å². The van der Waals surface area contributed by atoms with Crippen LogP contribution in [-0.2, 0) is 0 Å². The zero-order valence-electron chi connectivity index (χ0n) is 12.6. The zero-order valence-corrected chi connectivity index (χ0v) is 13.4. The smallest absolute Gasteiger partial charge is 0.250 e. The second kappa shape index (κ2) is 6.25. The monoisotopic (exact) mass is 316 g/mol. The lowest BCUT2D eigenvalue weighted by molar-refractivity contribution is 0.258. The van der Waals surface area contributed by atoms with Crippen LogP contribution in [0.15, 0.2) is 39.7 Å². The van der Waals surface area contributed by atoms with Crippen LogP contribution in [0.1, 0.15) is 17.6 Å². The molecule has 0 saturated carbocycles. The van der Waals surface area contributed by atoms with Gasteiger partial charge in [-0.25, -0.2) is 4.98 Å². The summed E-state index contributed by atoms with van der Waals surface area (Å²) < 4.78 is 10.6. The number of nitrogens with zero attached hydrogens (tertiary/aromatic N) is 4. The Morgan fingerprint density at radius 2 is 2.00 bits per heavy atom. The number of hydrogen-bond donors (Lipinski definition) is 0. The first-order valence-electron chi connectivity index (χ1n) is 6.71. The van der Waals surface area contributed by atoms with E-state index in [0.717, 1.165) is 17.0 Å². The predicted octanol–water partition coefficient (Wildman–Crippen LogP) is 2.85. The molecule has 2 heterocycles. The molecule has 114 valence electrons. The first-order chi connectivity index (χ1) is 10.7. The van der Waals surface area contributed by atoms with Crippen LogP contribution in [0.5, 0.6) is 5.75 Å². The van der Waals surface area contributed by atoms with Crippen molar-refractivity contribution in [2.24, 2.45) is 0 Å². The fraction of sp³-hybridized carbons (Fsp3) is 0.267. The largest absolute Gasteiger partial charge is 0.497 e. The molecule has 3 rings (SSSR count). The number of aromatic nitrogens is 3. The van der Waals surface area contributed by atoms with E-state index in [1.54, 1.807) is 24.0 Å². The summed E-state index contributed by atoms with van der Waals surface area (Å²) >= 11 is 1.55. The number of rotatable bonds is 5. The highest BCUT2D eigenvalue weighted by atomic mass is 32.1. The van der Waals surface area contributed by atoms with E-state index in [9.17, 15) is 0 Å². The summed E-state index contributed by atoms with van der Waals surface area (Å²) in [7, 11) is 5.56. The summed E-state index contributed by atoms with van der Waals surface area (Å²) in [4.78, 5) is 10.9. The van der Waals surface area contributed by atoms with E-state index in [1.807, 2.05) is 48.6 Å². The van der Waals surface area contributed by atoms with Crippen LogP contribution in [-0.4, -0.2) is 41.2 Å². The quantitative estimate of drug-likeness (QED) is 0.721. The molecule has 7 heteroatoms. The Hall–Kier alpha value is -2.25. The van der Waals surface area contributed by atoms with Crippen molar-refractivity contribution in [2.45, 2.75) is 6.04 Å². The Labute approximate surface area is 132 Å². The van der Waals surface area contributed by atoms with Crippen molar-refractivity contribution in [2.75, 3.05) is 21.2 Å². The summed E-state index contributed by atoms with van der Waals surface area (Å²) in [6.07, 6.45) is 0. The average Bonchev–Trinajstić information content (AvgIpc) is 3.20. The Balaban J connectivity index is 1.91. The molecule has 0 N–H and O–H groups in total. The lowest BCUT2D eigenvalue weighted by atomic mass is 10.2. The third kappa shape index (κ3) is 2.86. The summed E-state index contributed by atoms with van der Waals surface area (Å²) in [6, 6.07) is 7.40. The molecule has 1 unspecified atom stereocenters. The molecule has 2 aromatic heterocycles. The first kappa shape index (κ1) is 14.7. The van der Waals surface area contributed by atoms with Crippen LogP contribution in [0.4, 0.5) is 0 Å². The molecule has 1 atom stereocenters. The van der Waals surface area contributed by atoms with Gasteiger partial charge in [0.05, 0.1) is 18.3 Å². The van der Waals surface area contributed by atoms with Gasteiger partial charge in [0, 0.05) is 10.9 Å². The van der Waals surface area contributed by atoms with Crippen LogP contribution in [0.2, 0.25) is 0 Å². The Morgan fingerprint density at radius 3 is 2.59 bits per heavy atom. The van der Waals surface area contributed by atoms with Gasteiger partial charge in [0.1, 0.15) is 11.8 Å². The third-order valence-corrected chi connectivity index (χ3v) is 3.88. The number of hydrogen-bond acceptors (Lipinski definition) is 7.